The number of hydrogen-bond donors (Lipinski definition) is 2. The molecule has 9 nitrogen and oxygen atoms in total. The van der Waals surface area contributed by atoms with Crippen LogP contribution in [0.25, 0.3) is 0 Å². The maximum atomic E-state index is 12.8. The quantitative estimate of drug-likeness (QED) is 0.370. The Morgan fingerprint density at radius 1 is 0.973 bits per heavy atom. The van der Waals surface area contributed by atoms with Crippen molar-refractivity contribution in [2.24, 2.45) is 0 Å². The first-order valence-electron chi connectivity index (χ1n) is 11.5. The lowest BCUT2D eigenvalue weighted by atomic mass is 10.1. The summed E-state index contributed by atoms with van der Waals surface area (Å²) in [6.07, 6.45) is 0. The molecule has 0 unspecified atom stereocenters. The molecule has 3 aromatic rings. The van der Waals surface area contributed by atoms with Gasteiger partial charge < -0.3 is 14.8 Å². The van der Waals surface area contributed by atoms with Crippen LogP contribution in [-0.2, 0) is 26.2 Å². The molecule has 0 aliphatic rings. The van der Waals surface area contributed by atoms with E-state index in [1.807, 2.05) is 6.92 Å². The number of carbonyl (C=O) groups is 2. The normalized spacial score (nSPS) is 11.7. The van der Waals surface area contributed by atoms with Gasteiger partial charge in [0, 0.05) is 12.1 Å². The van der Waals surface area contributed by atoms with Crippen LogP contribution >= 0.6 is 0 Å². The lowest BCUT2D eigenvalue weighted by Crippen LogP contribution is -2.49. The standard InChI is InChI=1S/C27H27N3O6S/c1-3-35-27(32)25(30-37(33,34)24-14-4-19(2)5-15-24)17-29-26(31)22-10-12-23(13-11-22)36-18-21-8-6-20(16-28)7-9-21/h4-15,25,30H,3,17-18H2,1-2H3,(H,29,31)/t25-/m1/s1. The predicted molar refractivity (Wildman–Crippen MR) is 136 cm³/mol. The van der Waals surface area contributed by atoms with Gasteiger partial charge in [0.25, 0.3) is 5.91 Å². The number of sulfonamides is 1. The summed E-state index contributed by atoms with van der Waals surface area (Å²) in [4.78, 5) is 25.0. The molecule has 0 saturated heterocycles. The van der Waals surface area contributed by atoms with Crippen LogP contribution in [0.5, 0.6) is 5.75 Å². The number of ether oxygens (including phenoxy) is 2. The minimum atomic E-state index is -4.03. The third-order valence-electron chi connectivity index (χ3n) is 5.27. The number of hydrogen-bond acceptors (Lipinski definition) is 7. The maximum Gasteiger partial charge on any atom is 0.326 e. The molecule has 0 aliphatic heterocycles. The molecule has 0 spiro atoms. The monoisotopic (exact) mass is 521 g/mol. The second-order valence-corrected chi connectivity index (χ2v) is 9.78. The van der Waals surface area contributed by atoms with Crippen LogP contribution in [0.4, 0.5) is 0 Å². The largest absolute Gasteiger partial charge is 0.489 e. The van der Waals surface area contributed by atoms with Crippen molar-refractivity contribution in [2.75, 3.05) is 13.2 Å². The lowest BCUT2D eigenvalue weighted by molar-refractivity contribution is -0.144. The molecule has 0 radical (unpaired) electrons. The van der Waals surface area contributed by atoms with Crippen molar-refractivity contribution in [1.82, 2.24) is 10.0 Å². The van der Waals surface area contributed by atoms with E-state index in [4.69, 9.17) is 14.7 Å². The highest BCUT2D eigenvalue weighted by molar-refractivity contribution is 7.89. The number of carbonyl (C=O) groups excluding carboxylic acids is 2. The smallest absolute Gasteiger partial charge is 0.326 e. The van der Waals surface area contributed by atoms with Gasteiger partial charge in [0.15, 0.2) is 0 Å². The molecular formula is C27H27N3O6S. The molecule has 37 heavy (non-hydrogen) atoms. The number of nitrogens with one attached hydrogen (secondary N) is 2. The van der Waals surface area contributed by atoms with Gasteiger partial charge in [0.2, 0.25) is 10.0 Å². The van der Waals surface area contributed by atoms with Crippen LogP contribution < -0.4 is 14.8 Å². The first-order chi connectivity index (χ1) is 17.7. The molecule has 2 N–H and O–H groups in total. The van der Waals surface area contributed by atoms with Gasteiger partial charge >= 0.3 is 5.97 Å². The second-order valence-electron chi connectivity index (χ2n) is 8.07. The molecule has 0 aliphatic carbocycles. The Morgan fingerprint density at radius 3 is 2.22 bits per heavy atom. The van der Waals surface area contributed by atoms with Crippen molar-refractivity contribution in [3.05, 3.63) is 95.1 Å². The predicted octanol–water partition coefficient (Wildman–Crippen LogP) is 3.09. The highest BCUT2D eigenvalue weighted by Gasteiger charge is 2.27. The Morgan fingerprint density at radius 2 is 1.62 bits per heavy atom. The van der Waals surface area contributed by atoms with Crippen molar-refractivity contribution in [3.8, 4) is 11.8 Å². The van der Waals surface area contributed by atoms with Crippen molar-refractivity contribution < 1.29 is 27.5 Å². The van der Waals surface area contributed by atoms with Crippen LogP contribution in [0.3, 0.4) is 0 Å². The van der Waals surface area contributed by atoms with Gasteiger partial charge in [-0.15, -0.1) is 0 Å². The number of nitriles is 1. The van der Waals surface area contributed by atoms with E-state index in [0.29, 0.717) is 23.5 Å². The van der Waals surface area contributed by atoms with E-state index < -0.39 is 27.9 Å². The Kier molecular flexibility index (Phi) is 9.38. The van der Waals surface area contributed by atoms with E-state index in [0.717, 1.165) is 11.1 Å². The van der Waals surface area contributed by atoms with Crippen LogP contribution in [0.15, 0.2) is 77.7 Å². The van der Waals surface area contributed by atoms with Crippen molar-refractivity contribution >= 4 is 21.9 Å². The van der Waals surface area contributed by atoms with E-state index in [2.05, 4.69) is 16.1 Å². The minimum absolute atomic E-state index is 0.00433. The van der Waals surface area contributed by atoms with Gasteiger partial charge in [-0.3, -0.25) is 9.59 Å². The fourth-order valence-corrected chi connectivity index (χ4v) is 4.41. The molecule has 0 saturated carbocycles. The number of benzene rings is 3. The van der Waals surface area contributed by atoms with Gasteiger partial charge in [-0.05, 0) is 67.9 Å². The summed E-state index contributed by atoms with van der Waals surface area (Å²) < 4.78 is 38.5. The first-order valence-corrected chi connectivity index (χ1v) is 13.0. The number of esters is 1. The van der Waals surface area contributed by atoms with Gasteiger partial charge in [0.1, 0.15) is 18.4 Å². The molecule has 1 amide bonds. The number of rotatable bonds is 11. The number of nitrogens with zero attached hydrogens (tertiary/aromatic N) is 1. The average molecular weight is 522 g/mol. The Bertz CT molecular complexity index is 1360. The lowest BCUT2D eigenvalue weighted by Gasteiger charge is -2.18. The molecule has 0 bridgehead atoms. The van der Waals surface area contributed by atoms with Crippen LogP contribution in [0.2, 0.25) is 0 Å². The number of amides is 1. The zero-order chi connectivity index (χ0) is 26.8. The third kappa shape index (κ3) is 7.90. The van der Waals surface area contributed by atoms with Gasteiger partial charge in [-0.1, -0.05) is 29.8 Å². The molecule has 0 heterocycles. The summed E-state index contributed by atoms with van der Waals surface area (Å²) in [5.74, 6) is -0.760. The summed E-state index contributed by atoms with van der Waals surface area (Å²) in [6, 6.07) is 20.3. The molecule has 192 valence electrons. The van der Waals surface area contributed by atoms with Gasteiger partial charge in [-0.2, -0.15) is 9.98 Å². The van der Waals surface area contributed by atoms with E-state index in [1.54, 1.807) is 67.6 Å². The Labute approximate surface area is 216 Å². The molecular weight excluding hydrogens is 494 g/mol. The first kappa shape index (κ1) is 27.4. The van der Waals surface area contributed by atoms with E-state index >= 15 is 0 Å². The van der Waals surface area contributed by atoms with Crippen molar-refractivity contribution in [2.45, 2.75) is 31.4 Å². The Balaban J connectivity index is 1.60. The molecule has 3 rings (SSSR count). The van der Waals surface area contributed by atoms with Gasteiger partial charge in [-0.25, -0.2) is 8.42 Å². The molecule has 10 heteroatoms. The van der Waals surface area contributed by atoms with E-state index in [9.17, 15) is 18.0 Å². The average Bonchev–Trinajstić information content (AvgIpc) is 2.90. The Hall–Kier alpha value is -4.20. The van der Waals surface area contributed by atoms with Gasteiger partial charge in [0.05, 0.1) is 23.1 Å². The number of aryl methyl sites for hydroxylation is 1. The summed E-state index contributed by atoms with van der Waals surface area (Å²) in [7, 11) is -4.03. The summed E-state index contributed by atoms with van der Waals surface area (Å²) in [6.45, 7) is 3.47. The maximum absolute atomic E-state index is 12.8. The van der Waals surface area contributed by atoms with Crippen molar-refractivity contribution in [1.29, 1.82) is 5.26 Å². The van der Waals surface area contributed by atoms with E-state index in [-0.39, 0.29) is 18.0 Å². The SMILES string of the molecule is CCOC(=O)[C@@H](CNC(=O)c1ccc(OCc2ccc(C#N)cc2)cc1)NS(=O)(=O)c1ccc(C)cc1. The second kappa shape index (κ2) is 12.7. The molecule has 3 aromatic carbocycles. The summed E-state index contributed by atoms with van der Waals surface area (Å²) >= 11 is 0. The fraction of sp³-hybridized carbons (Fsp3) is 0.222. The third-order valence-corrected chi connectivity index (χ3v) is 6.76. The highest BCUT2D eigenvalue weighted by Crippen LogP contribution is 2.15. The van der Waals surface area contributed by atoms with Crippen LogP contribution in [0, 0.1) is 18.3 Å². The minimum Gasteiger partial charge on any atom is -0.489 e. The van der Waals surface area contributed by atoms with Crippen LogP contribution in [0.1, 0.15) is 34.0 Å². The van der Waals surface area contributed by atoms with Crippen molar-refractivity contribution in [3.63, 3.8) is 0 Å². The molecule has 1 atom stereocenters. The summed E-state index contributed by atoms with van der Waals surface area (Å²) in [5, 5.41) is 11.4. The highest BCUT2D eigenvalue weighted by atomic mass is 32.2. The summed E-state index contributed by atoms with van der Waals surface area (Å²) in [5.41, 5.74) is 2.64. The fourth-order valence-electron chi connectivity index (χ4n) is 3.23. The van der Waals surface area contributed by atoms with E-state index in [1.165, 1.54) is 12.1 Å². The zero-order valence-corrected chi connectivity index (χ0v) is 21.2. The molecule has 0 fully saturated rings. The van der Waals surface area contributed by atoms with Crippen LogP contribution in [-0.4, -0.2) is 39.5 Å². The topological polar surface area (TPSA) is 135 Å². The zero-order valence-electron chi connectivity index (χ0n) is 20.4. The molecule has 0 aromatic heterocycles.